The number of carbonyl (C=O) groups excluding carboxylic acids is 2. The molecule has 0 bridgehead atoms. The quantitative estimate of drug-likeness (QED) is 0.413. The lowest BCUT2D eigenvalue weighted by atomic mass is 9.76. The van der Waals surface area contributed by atoms with E-state index in [0.29, 0.717) is 18.6 Å². The molecule has 3 nitrogen and oxygen atoms in total. The highest BCUT2D eigenvalue weighted by Crippen LogP contribution is 2.44. The van der Waals surface area contributed by atoms with Crippen molar-refractivity contribution in [1.82, 2.24) is 0 Å². The number of Topliss-reactive ketones (excluding diaryl/α,β-unsaturated/α-hetero) is 1. The lowest BCUT2D eigenvalue weighted by Gasteiger charge is -2.29. The summed E-state index contributed by atoms with van der Waals surface area (Å²) in [6.07, 6.45) is 0.707. The highest BCUT2D eigenvalue weighted by Gasteiger charge is 2.58. The van der Waals surface area contributed by atoms with Crippen molar-refractivity contribution in [3.05, 3.63) is 35.4 Å². The predicted molar refractivity (Wildman–Crippen MR) is 60.6 cm³/mol. The Morgan fingerprint density at radius 2 is 2.06 bits per heavy atom. The Bertz CT molecular complexity index is 497. The summed E-state index contributed by atoms with van der Waals surface area (Å²) in [5.41, 5.74) is 1.64. The molecule has 0 spiro atoms. The molecule has 82 valence electrons. The number of hydrogen-bond donors (Lipinski definition) is 0. The van der Waals surface area contributed by atoms with Gasteiger partial charge < -0.3 is 4.74 Å². The zero-order chi connectivity index (χ0) is 11.3. The first-order valence-corrected chi connectivity index (χ1v) is 5.92. The minimum Gasteiger partial charge on any atom is -0.464 e. The van der Waals surface area contributed by atoms with Crippen molar-refractivity contribution in [2.75, 3.05) is 6.61 Å². The summed E-state index contributed by atoms with van der Waals surface area (Å²) in [5, 5.41) is 0. The number of alkyl halides is 1. The van der Waals surface area contributed by atoms with Crippen molar-refractivity contribution in [1.29, 1.82) is 0 Å². The molecule has 3 rings (SSSR count). The first-order valence-electron chi connectivity index (χ1n) is 5.13. The molecule has 0 saturated carbocycles. The van der Waals surface area contributed by atoms with E-state index in [1.807, 2.05) is 18.2 Å². The molecule has 4 heteroatoms. The number of rotatable bonds is 0. The molecule has 2 aliphatic rings. The number of cyclic esters (lactones) is 1. The number of esters is 1. The van der Waals surface area contributed by atoms with Crippen LogP contribution in [0.25, 0.3) is 0 Å². The molecule has 0 radical (unpaired) electrons. The Balaban J connectivity index is 2.18. The number of halogens is 1. The second-order valence-electron chi connectivity index (χ2n) is 4.20. The lowest BCUT2D eigenvalue weighted by Crippen LogP contribution is -2.47. The van der Waals surface area contributed by atoms with Crippen LogP contribution < -0.4 is 0 Å². The molecule has 1 aliphatic carbocycles. The summed E-state index contributed by atoms with van der Waals surface area (Å²) in [6, 6.07) is 7.42. The van der Waals surface area contributed by atoms with Gasteiger partial charge >= 0.3 is 5.97 Å². The minimum atomic E-state index is -1.14. The normalized spacial score (nSPS) is 31.9. The molecular formula is C12H9BrO3. The van der Waals surface area contributed by atoms with E-state index in [1.165, 1.54) is 0 Å². The number of benzene rings is 1. The van der Waals surface area contributed by atoms with Gasteiger partial charge in [-0.05, 0) is 12.0 Å². The molecule has 1 aromatic rings. The second kappa shape index (κ2) is 3.17. The Morgan fingerprint density at radius 3 is 2.88 bits per heavy atom. The maximum atomic E-state index is 12.3. The summed E-state index contributed by atoms with van der Waals surface area (Å²) in [4.78, 5) is 23.9. The molecule has 2 atom stereocenters. The molecule has 0 amide bonds. The van der Waals surface area contributed by atoms with Gasteiger partial charge in [0.15, 0.2) is 10.1 Å². The van der Waals surface area contributed by atoms with E-state index < -0.39 is 10.3 Å². The number of hydrogen-bond acceptors (Lipinski definition) is 3. The van der Waals surface area contributed by atoms with Gasteiger partial charge in [0.1, 0.15) is 0 Å². The van der Waals surface area contributed by atoms with Crippen molar-refractivity contribution in [3.8, 4) is 0 Å². The standard InChI is InChI=1S/C12H9BrO3/c13-12-8(6-16-11(12)15)5-7-3-1-2-4-9(7)10(12)14/h1-4,8H,5-6H2. The van der Waals surface area contributed by atoms with Crippen molar-refractivity contribution < 1.29 is 14.3 Å². The monoisotopic (exact) mass is 280 g/mol. The summed E-state index contributed by atoms with van der Waals surface area (Å²) in [7, 11) is 0. The van der Waals surface area contributed by atoms with Gasteiger partial charge in [0, 0.05) is 11.5 Å². The molecule has 1 heterocycles. The van der Waals surface area contributed by atoms with Crippen LogP contribution >= 0.6 is 15.9 Å². The Morgan fingerprint density at radius 1 is 1.31 bits per heavy atom. The van der Waals surface area contributed by atoms with Gasteiger partial charge in [-0.15, -0.1) is 0 Å². The van der Waals surface area contributed by atoms with Gasteiger partial charge in [0.25, 0.3) is 0 Å². The number of fused-ring (bicyclic) bond motifs is 2. The number of ketones is 1. The van der Waals surface area contributed by atoms with Crippen LogP contribution in [0.5, 0.6) is 0 Å². The third kappa shape index (κ3) is 1.08. The average molecular weight is 281 g/mol. The summed E-state index contributed by atoms with van der Waals surface area (Å²) >= 11 is 3.30. The number of carbonyl (C=O) groups is 2. The molecular weight excluding hydrogens is 272 g/mol. The average Bonchev–Trinajstić information content (AvgIpc) is 2.58. The number of ether oxygens (including phenoxy) is 1. The molecule has 16 heavy (non-hydrogen) atoms. The summed E-state index contributed by atoms with van der Waals surface area (Å²) in [6.45, 7) is 0.324. The van der Waals surface area contributed by atoms with Gasteiger partial charge in [-0.3, -0.25) is 9.59 Å². The summed E-state index contributed by atoms with van der Waals surface area (Å²) < 4.78 is 3.86. The summed E-state index contributed by atoms with van der Waals surface area (Å²) in [5.74, 6) is -0.693. The molecule has 1 aliphatic heterocycles. The highest BCUT2D eigenvalue weighted by atomic mass is 79.9. The third-order valence-electron chi connectivity index (χ3n) is 3.33. The van der Waals surface area contributed by atoms with Crippen molar-refractivity contribution >= 4 is 27.7 Å². The Kier molecular flexibility index (Phi) is 1.98. The van der Waals surface area contributed by atoms with E-state index in [2.05, 4.69) is 15.9 Å². The van der Waals surface area contributed by atoms with Gasteiger partial charge in [-0.1, -0.05) is 40.2 Å². The topological polar surface area (TPSA) is 43.4 Å². The van der Waals surface area contributed by atoms with Crippen LogP contribution in [0.1, 0.15) is 15.9 Å². The molecule has 0 N–H and O–H groups in total. The van der Waals surface area contributed by atoms with Crippen molar-refractivity contribution in [3.63, 3.8) is 0 Å². The lowest BCUT2D eigenvalue weighted by molar-refractivity contribution is -0.138. The third-order valence-corrected chi connectivity index (χ3v) is 4.67. The molecule has 1 saturated heterocycles. The fraction of sp³-hybridized carbons (Fsp3) is 0.333. The van der Waals surface area contributed by atoms with Crippen LogP contribution in [-0.4, -0.2) is 22.7 Å². The first-order chi connectivity index (χ1) is 7.64. The van der Waals surface area contributed by atoms with Gasteiger partial charge in [-0.25, -0.2) is 0 Å². The van der Waals surface area contributed by atoms with Crippen LogP contribution in [0.2, 0.25) is 0 Å². The van der Waals surface area contributed by atoms with Crippen LogP contribution in [0, 0.1) is 5.92 Å². The van der Waals surface area contributed by atoms with Crippen LogP contribution in [0.4, 0.5) is 0 Å². The van der Waals surface area contributed by atoms with Crippen LogP contribution in [0.15, 0.2) is 24.3 Å². The van der Waals surface area contributed by atoms with Gasteiger partial charge in [-0.2, -0.15) is 0 Å². The highest BCUT2D eigenvalue weighted by molar-refractivity contribution is 9.10. The van der Waals surface area contributed by atoms with Gasteiger partial charge in [0.2, 0.25) is 0 Å². The van der Waals surface area contributed by atoms with E-state index >= 15 is 0 Å². The largest absolute Gasteiger partial charge is 0.464 e. The van der Waals surface area contributed by atoms with Gasteiger partial charge in [0.05, 0.1) is 6.61 Å². The SMILES string of the molecule is O=C1OCC2Cc3ccccc3C(=O)C12Br. The van der Waals surface area contributed by atoms with E-state index in [1.54, 1.807) is 6.07 Å². The van der Waals surface area contributed by atoms with E-state index in [4.69, 9.17) is 4.74 Å². The fourth-order valence-corrected chi connectivity index (χ4v) is 3.04. The van der Waals surface area contributed by atoms with Crippen LogP contribution in [0.3, 0.4) is 0 Å². The predicted octanol–water partition coefficient (Wildman–Crippen LogP) is 1.73. The molecule has 2 unspecified atom stereocenters. The Labute approximate surface area is 101 Å². The minimum absolute atomic E-state index is 0.0811. The van der Waals surface area contributed by atoms with E-state index in [0.717, 1.165) is 5.56 Å². The molecule has 0 aromatic heterocycles. The van der Waals surface area contributed by atoms with Crippen LogP contribution in [-0.2, 0) is 16.0 Å². The van der Waals surface area contributed by atoms with E-state index in [-0.39, 0.29) is 11.7 Å². The zero-order valence-corrected chi connectivity index (χ0v) is 9.99. The molecule has 1 aromatic carbocycles. The van der Waals surface area contributed by atoms with Crippen molar-refractivity contribution in [2.45, 2.75) is 10.7 Å². The maximum absolute atomic E-state index is 12.3. The Hall–Kier alpha value is -1.16. The molecule has 1 fully saturated rings. The van der Waals surface area contributed by atoms with E-state index in [9.17, 15) is 9.59 Å². The fourth-order valence-electron chi connectivity index (χ4n) is 2.42. The second-order valence-corrected chi connectivity index (χ2v) is 5.45. The maximum Gasteiger partial charge on any atom is 0.331 e. The smallest absolute Gasteiger partial charge is 0.331 e. The van der Waals surface area contributed by atoms with Crippen molar-refractivity contribution in [2.24, 2.45) is 5.92 Å². The first kappa shape index (κ1) is 10.0. The zero-order valence-electron chi connectivity index (χ0n) is 8.40.